The van der Waals surface area contributed by atoms with Crippen LogP contribution in [0.4, 0.5) is 0 Å². The van der Waals surface area contributed by atoms with Crippen LogP contribution in [-0.2, 0) is 0 Å². The van der Waals surface area contributed by atoms with Crippen LogP contribution in [0.2, 0.25) is 0 Å². The van der Waals surface area contributed by atoms with Gasteiger partial charge in [-0.05, 0) is 25.0 Å². The quantitative estimate of drug-likeness (QED) is 0.788. The maximum absolute atomic E-state index is 11.7. The van der Waals surface area contributed by atoms with Crippen LogP contribution >= 0.6 is 0 Å². The zero-order valence-electron chi connectivity index (χ0n) is 7.82. The molecular formula is C11H12NO2. The molecule has 0 unspecified atom stereocenters. The molecule has 0 spiro atoms. The second-order valence-electron chi connectivity index (χ2n) is 3.39. The van der Waals surface area contributed by atoms with Crippen molar-refractivity contribution in [2.24, 2.45) is 0 Å². The summed E-state index contributed by atoms with van der Waals surface area (Å²) in [6.07, 6.45) is 2.16. The molecule has 2 rings (SSSR count). The molecule has 1 aromatic rings. The Bertz CT molecular complexity index is 345. The van der Waals surface area contributed by atoms with Crippen molar-refractivity contribution in [1.82, 2.24) is 5.32 Å². The van der Waals surface area contributed by atoms with Crippen LogP contribution in [0, 0.1) is 7.11 Å². The van der Waals surface area contributed by atoms with Gasteiger partial charge in [0.25, 0.3) is 5.91 Å². The van der Waals surface area contributed by atoms with Gasteiger partial charge in [-0.25, -0.2) is 0 Å². The van der Waals surface area contributed by atoms with Crippen molar-refractivity contribution in [2.45, 2.75) is 18.9 Å². The van der Waals surface area contributed by atoms with Gasteiger partial charge in [0, 0.05) is 6.04 Å². The van der Waals surface area contributed by atoms with Crippen molar-refractivity contribution >= 4 is 5.91 Å². The molecule has 3 heteroatoms. The number of rotatable bonds is 3. The predicted molar refractivity (Wildman–Crippen MR) is 52.9 cm³/mol. The van der Waals surface area contributed by atoms with Crippen LogP contribution in [-0.4, -0.2) is 11.9 Å². The highest BCUT2D eigenvalue weighted by atomic mass is 16.5. The van der Waals surface area contributed by atoms with Crippen LogP contribution in [0.3, 0.4) is 0 Å². The van der Waals surface area contributed by atoms with Crippen molar-refractivity contribution in [3.05, 3.63) is 36.9 Å². The minimum Gasteiger partial charge on any atom is -0.489 e. The Morgan fingerprint density at radius 2 is 2.14 bits per heavy atom. The first kappa shape index (κ1) is 9.06. The van der Waals surface area contributed by atoms with E-state index in [4.69, 9.17) is 4.74 Å². The number of hydrogen-bond donors (Lipinski definition) is 1. The SMILES string of the molecule is [CH2]Oc1ccccc1C(=O)NC1CC1. The molecule has 14 heavy (non-hydrogen) atoms. The summed E-state index contributed by atoms with van der Waals surface area (Å²) in [5, 5.41) is 2.90. The molecule has 1 aliphatic carbocycles. The molecule has 1 aromatic carbocycles. The molecule has 0 saturated heterocycles. The molecule has 1 aliphatic rings. The van der Waals surface area contributed by atoms with E-state index in [1.165, 1.54) is 0 Å². The molecular weight excluding hydrogens is 178 g/mol. The molecule has 0 aromatic heterocycles. The zero-order chi connectivity index (χ0) is 9.97. The van der Waals surface area contributed by atoms with Crippen LogP contribution in [0.15, 0.2) is 24.3 Å². The lowest BCUT2D eigenvalue weighted by molar-refractivity contribution is 0.0948. The van der Waals surface area contributed by atoms with Crippen LogP contribution < -0.4 is 10.1 Å². The Hall–Kier alpha value is -1.51. The Labute approximate surface area is 83.1 Å². The van der Waals surface area contributed by atoms with E-state index >= 15 is 0 Å². The Kier molecular flexibility index (Phi) is 2.39. The smallest absolute Gasteiger partial charge is 0.255 e. The molecule has 0 heterocycles. The number of nitrogens with one attached hydrogen (secondary N) is 1. The second kappa shape index (κ2) is 3.70. The van der Waals surface area contributed by atoms with Crippen molar-refractivity contribution < 1.29 is 9.53 Å². The number of carbonyl (C=O) groups is 1. The van der Waals surface area contributed by atoms with E-state index < -0.39 is 0 Å². The fourth-order valence-electron chi connectivity index (χ4n) is 1.27. The molecule has 0 bridgehead atoms. The van der Waals surface area contributed by atoms with Gasteiger partial charge in [0.2, 0.25) is 0 Å². The van der Waals surface area contributed by atoms with Gasteiger partial charge >= 0.3 is 0 Å². The monoisotopic (exact) mass is 190 g/mol. The molecule has 3 nitrogen and oxygen atoms in total. The lowest BCUT2D eigenvalue weighted by Gasteiger charge is -2.07. The Balaban J connectivity index is 2.16. The van der Waals surface area contributed by atoms with Gasteiger partial charge in [-0.1, -0.05) is 12.1 Å². The largest absolute Gasteiger partial charge is 0.489 e. The third-order valence-corrected chi connectivity index (χ3v) is 2.20. The summed E-state index contributed by atoms with van der Waals surface area (Å²) in [5.41, 5.74) is 0.550. The zero-order valence-corrected chi connectivity index (χ0v) is 7.82. The summed E-state index contributed by atoms with van der Waals surface area (Å²) in [5.74, 6) is 0.442. The first-order valence-corrected chi connectivity index (χ1v) is 4.63. The molecule has 1 N–H and O–H groups in total. The number of ether oxygens (including phenoxy) is 1. The van der Waals surface area contributed by atoms with E-state index in [0.29, 0.717) is 17.4 Å². The summed E-state index contributed by atoms with van der Waals surface area (Å²) >= 11 is 0. The highest BCUT2D eigenvalue weighted by Gasteiger charge is 2.24. The topological polar surface area (TPSA) is 38.3 Å². The van der Waals surface area contributed by atoms with E-state index in [2.05, 4.69) is 12.4 Å². The van der Waals surface area contributed by atoms with Crippen molar-refractivity contribution in [3.63, 3.8) is 0 Å². The molecule has 73 valence electrons. The summed E-state index contributed by atoms with van der Waals surface area (Å²) in [7, 11) is 3.31. The highest BCUT2D eigenvalue weighted by molar-refractivity contribution is 5.97. The lowest BCUT2D eigenvalue weighted by atomic mass is 10.2. The molecule has 0 atom stereocenters. The van der Waals surface area contributed by atoms with Gasteiger partial charge in [0.15, 0.2) is 0 Å². The van der Waals surface area contributed by atoms with E-state index in [9.17, 15) is 4.79 Å². The van der Waals surface area contributed by atoms with E-state index in [1.54, 1.807) is 12.1 Å². The summed E-state index contributed by atoms with van der Waals surface area (Å²) in [4.78, 5) is 11.7. The summed E-state index contributed by atoms with van der Waals surface area (Å²) < 4.78 is 4.86. The van der Waals surface area contributed by atoms with Crippen LogP contribution in [0.5, 0.6) is 5.75 Å². The fraction of sp³-hybridized carbons (Fsp3) is 0.273. The number of benzene rings is 1. The van der Waals surface area contributed by atoms with Gasteiger partial charge in [0.1, 0.15) is 12.9 Å². The molecule has 1 saturated carbocycles. The van der Waals surface area contributed by atoms with Gasteiger partial charge in [-0.15, -0.1) is 0 Å². The number of carbonyl (C=O) groups excluding carboxylic acids is 1. The van der Waals surface area contributed by atoms with Gasteiger partial charge in [-0.2, -0.15) is 0 Å². The molecule has 1 fully saturated rings. The van der Waals surface area contributed by atoms with Crippen molar-refractivity contribution in [1.29, 1.82) is 0 Å². The maximum Gasteiger partial charge on any atom is 0.255 e. The van der Waals surface area contributed by atoms with Gasteiger partial charge < -0.3 is 10.1 Å². The minimum atomic E-state index is -0.0771. The van der Waals surface area contributed by atoms with Gasteiger partial charge in [0.05, 0.1) is 5.56 Å². The standard InChI is InChI=1S/C11H12NO2/c1-14-10-5-3-2-4-9(10)11(13)12-8-6-7-8/h2-5,8H,1,6-7H2,(H,12,13). The molecule has 1 amide bonds. The first-order chi connectivity index (χ1) is 6.81. The number of para-hydroxylation sites is 1. The van der Waals surface area contributed by atoms with E-state index in [1.807, 2.05) is 12.1 Å². The first-order valence-electron chi connectivity index (χ1n) is 4.63. The lowest BCUT2D eigenvalue weighted by Crippen LogP contribution is -2.25. The number of amides is 1. The highest BCUT2D eigenvalue weighted by Crippen LogP contribution is 2.22. The average molecular weight is 190 g/mol. The normalized spacial score (nSPS) is 14.9. The predicted octanol–water partition coefficient (Wildman–Crippen LogP) is 1.75. The number of hydrogen-bond acceptors (Lipinski definition) is 2. The van der Waals surface area contributed by atoms with Crippen LogP contribution in [0.25, 0.3) is 0 Å². The van der Waals surface area contributed by atoms with Crippen molar-refractivity contribution in [3.8, 4) is 5.75 Å². The van der Waals surface area contributed by atoms with E-state index in [0.717, 1.165) is 12.8 Å². The summed E-state index contributed by atoms with van der Waals surface area (Å²) in [6.45, 7) is 0. The third kappa shape index (κ3) is 1.87. The Morgan fingerprint density at radius 3 is 2.79 bits per heavy atom. The van der Waals surface area contributed by atoms with E-state index in [-0.39, 0.29) is 5.91 Å². The maximum atomic E-state index is 11.7. The van der Waals surface area contributed by atoms with Crippen LogP contribution in [0.1, 0.15) is 23.2 Å². The third-order valence-electron chi connectivity index (χ3n) is 2.20. The second-order valence-corrected chi connectivity index (χ2v) is 3.39. The Morgan fingerprint density at radius 1 is 1.43 bits per heavy atom. The fourth-order valence-corrected chi connectivity index (χ4v) is 1.27. The molecule has 1 radical (unpaired) electrons. The minimum absolute atomic E-state index is 0.0771. The van der Waals surface area contributed by atoms with Crippen molar-refractivity contribution in [2.75, 3.05) is 0 Å². The molecule has 0 aliphatic heterocycles. The average Bonchev–Trinajstić information content (AvgIpc) is 3.01. The summed E-state index contributed by atoms with van der Waals surface area (Å²) in [6, 6.07) is 7.45. The van der Waals surface area contributed by atoms with Gasteiger partial charge in [-0.3, -0.25) is 4.79 Å².